The number of carbonyl (C=O) groups excluding carboxylic acids is 2. The largest absolute Gasteiger partial charge is 0.326 e. The molecule has 16 heavy (non-hydrogen) atoms. The van der Waals surface area contributed by atoms with E-state index in [0.29, 0.717) is 6.42 Å². The van der Waals surface area contributed by atoms with Crippen molar-refractivity contribution >= 4 is 11.9 Å². The van der Waals surface area contributed by atoms with Crippen LogP contribution in [0.25, 0.3) is 0 Å². The van der Waals surface area contributed by atoms with Crippen LogP contribution < -0.4 is 5.32 Å². The van der Waals surface area contributed by atoms with Gasteiger partial charge in [-0.3, -0.25) is 9.69 Å². The van der Waals surface area contributed by atoms with Gasteiger partial charge in [-0.2, -0.15) is 0 Å². The second-order valence-electron chi connectivity index (χ2n) is 3.92. The molecule has 84 valence electrons. The molecule has 0 saturated carbocycles. The Morgan fingerprint density at radius 3 is 2.50 bits per heavy atom. The van der Waals surface area contributed by atoms with Crippen LogP contribution in [0.2, 0.25) is 0 Å². The molecule has 1 aliphatic heterocycles. The standard InChI is InChI=1S/C12H14N2O2/c1-14-11(15)10(13-12(14)16)8-7-9-5-3-2-4-6-9/h2-6,10H,7-8H2,1H3,(H,13,16). The summed E-state index contributed by atoms with van der Waals surface area (Å²) in [6.07, 6.45) is 1.45. The summed E-state index contributed by atoms with van der Waals surface area (Å²) in [6.45, 7) is 0. The van der Waals surface area contributed by atoms with E-state index in [0.717, 1.165) is 11.3 Å². The SMILES string of the molecule is CN1C(=O)NC(CCc2ccccc2)C1=O. The maximum absolute atomic E-state index is 11.6. The number of hydrogen-bond donors (Lipinski definition) is 1. The molecule has 1 aromatic carbocycles. The topological polar surface area (TPSA) is 49.4 Å². The number of aryl methyl sites for hydroxylation is 1. The fourth-order valence-electron chi connectivity index (χ4n) is 1.79. The highest BCUT2D eigenvalue weighted by Crippen LogP contribution is 2.11. The number of imide groups is 1. The van der Waals surface area contributed by atoms with Crippen molar-refractivity contribution in [1.29, 1.82) is 0 Å². The van der Waals surface area contributed by atoms with Gasteiger partial charge in [-0.25, -0.2) is 4.79 Å². The quantitative estimate of drug-likeness (QED) is 0.774. The van der Waals surface area contributed by atoms with Gasteiger partial charge >= 0.3 is 6.03 Å². The normalized spacial score (nSPS) is 20.1. The van der Waals surface area contributed by atoms with E-state index in [1.54, 1.807) is 0 Å². The third-order valence-corrected chi connectivity index (χ3v) is 2.80. The highest BCUT2D eigenvalue weighted by molar-refractivity contribution is 6.03. The van der Waals surface area contributed by atoms with Crippen molar-refractivity contribution in [1.82, 2.24) is 10.2 Å². The van der Waals surface area contributed by atoms with Crippen LogP contribution in [0.1, 0.15) is 12.0 Å². The Morgan fingerprint density at radius 1 is 1.25 bits per heavy atom. The summed E-state index contributed by atoms with van der Waals surface area (Å²) >= 11 is 0. The predicted octanol–water partition coefficient (Wildman–Crippen LogP) is 1.17. The third-order valence-electron chi connectivity index (χ3n) is 2.80. The Bertz CT molecular complexity index is 403. The monoisotopic (exact) mass is 218 g/mol. The van der Waals surface area contributed by atoms with Crippen LogP contribution in [-0.2, 0) is 11.2 Å². The Balaban J connectivity index is 1.92. The van der Waals surface area contributed by atoms with Crippen molar-refractivity contribution in [3.63, 3.8) is 0 Å². The lowest BCUT2D eigenvalue weighted by atomic mass is 10.1. The molecule has 0 aliphatic carbocycles. The summed E-state index contributed by atoms with van der Waals surface area (Å²) in [5, 5.41) is 2.66. The molecule has 4 nitrogen and oxygen atoms in total. The van der Waals surface area contributed by atoms with Gasteiger partial charge in [0, 0.05) is 7.05 Å². The number of urea groups is 1. The maximum atomic E-state index is 11.6. The van der Waals surface area contributed by atoms with E-state index in [1.807, 2.05) is 30.3 Å². The molecule has 1 aromatic rings. The van der Waals surface area contributed by atoms with Crippen molar-refractivity contribution in [3.8, 4) is 0 Å². The van der Waals surface area contributed by atoms with Crippen LogP contribution in [0.15, 0.2) is 30.3 Å². The van der Waals surface area contributed by atoms with Crippen LogP contribution >= 0.6 is 0 Å². The van der Waals surface area contributed by atoms with Crippen LogP contribution in [0.5, 0.6) is 0 Å². The van der Waals surface area contributed by atoms with E-state index in [-0.39, 0.29) is 18.0 Å². The molecule has 0 bridgehead atoms. The fourth-order valence-corrected chi connectivity index (χ4v) is 1.79. The minimum Gasteiger partial charge on any atom is -0.326 e. The third kappa shape index (κ3) is 2.05. The number of amides is 3. The molecule has 0 spiro atoms. The summed E-state index contributed by atoms with van der Waals surface area (Å²) in [5.74, 6) is -0.138. The molecule has 1 unspecified atom stereocenters. The van der Waals surface area contributed by atoms with Gasteiger partial charge in [0.05, 0.1) is 0 Å². The molecule has 0 aromatic heterocycles. The summed E-state index contributed by atoms with van der Waals surface area (Å²) < 4.78 is 0. The number of likely N-dealkylation sites (N-methyl/N-ethyl adjacent to an activating group) is 1. The van der Waals surface area contributed by atoms with Gasteiger partial charge in [-0.15, -0.1) is 0 Å². The van der Waals surface area contributed by atoms with Crippen molar-refractivity contribution in [2.45, 2.75) is 18.9 Å². The van der Waals surface area contributed by atoms with Crippen LogP contribution in [-0.4, -0.2) is 29.9 Å². The summed E-state index contributed by atoms with van der Waals surface area (Å²) in [4.78, 5) is 23.9. The van der Waals surface area contributed by atoms with Crippen molar-refractivity contribution in [3.05, 3.63) is 35.9 Å². The Hall–Kier alpha value is -1.84. The van der Waals surface area contributed by atoms with Crippen molar-refractivity contribution in [2.24, 2.45) is 0 Å². The summed E-state index contributed by atoms with van der Waals surface area (Å²) in [6, 6.07) is 9.27. The number of carbonyl (C=O) groups is 2. The van der Waals surface area contributed by atoms with E-state index in [1.165, 1.54) is 12.6 Å². The number of nitrogens with one attached hydrogen (secondary N) is 1. The Kier molecular flexibility index (Phi) is 2.90. The lowest BCUT2D eigenvalue weighted by Crippen LogP contribution is -2.29. The highest BCUT2D eigenvalue weighted by Gasteiger charge is 2.34. The molecule has 4 heteroatoms. The molecule has 1 heterocycles. The minimum absolute atomic E-state index is 0.138. The van der Waals surface area contributed by atoms with E-state index in [2.05, 4.69) is 5.32 Å². The van der Waals surface area contributed by atoms with E-state index in [9.17, 15) is 9.59 Å². The zero-order valence-corrected chi connectivity index (χ0v) is 9.14. The molecular weight excluding hydrogens is 204 g/mol. The first-order chi connectivity index (χ1) is 7.68. The van der Waals surface area contributed by atoms with Gasteiger partial charge in [0.15, 0.2) is 0 Å². The van der Waals surface area contributed by atoms with Gasteiger partial charge in [0.2, 0.25) is 0 Å². The molecule has 2 rings (SSSR count). The van der Waals surface area contributed by atoms with E-state index in [4.69, 9.17) is 0 Å². The average Bonchev–Trinajstić information content (AvgIpc) is 2.56. The lowest BCUT2D eigenvalue weighted by molar-refractivity contribution is -0.126. The van der Waals surface area contributed by atoms with Crippen molar-refractivity contribution < 1.29 is 9.59 Å². The molecule has 1 atom stereocenters. The van der Waals surface area contributed by atoms with Gasteiger partial charge in [-0.05, 0) is 18.4 Å². The van der Waals surface area contributed by atoms with Crippen molar-refractivity contribution in [2.75, 3.05) is 7.05 Å². The van der Waals surface area contributed by atoms with Gasteiger partial charge in [0.25, 0.3) is 5.91 Å². The van der Waals surface area contributed by atoms with E-state index < -0.39 is 0 Å². The fraction of sp³-hybridized carbons (Fsp3) is 0.333. The number of nitrogens with zero attached hydrogens (tertiary/aromatic N) is 1. The summed E-state index contributed by atoms with van der Waals surface area (Å²) in [7, 11) is 1.50. The molecule has 0 radical (unpaired) electrons. The van der Waals surface area contributed by atoms with Gasteiger partial charge in [0.1, 0.15) is 6.04 Å². The molecule has 1 N–H and O–H groups in total. The molecule has 1 aliphatic rings. The second kappa shape index (κ2) is 4.35. The first-order valence-corrected chi connectivity index (χ1v) is 5.30. The average molecular weight is 218 g/mol. The minimum atomic E-state index is -0.363. The Morgan fingerprint density at radius 2 is 1.94 bits per heavy atom. The zero-order valence-electron chi connectivity index (χ0n) is 9.14. The second-order valence-corrected chi connectivity index (χ2v) is 3.92. The van der Waals surface area contributed by atoms with Crippen LogP contribution in [0.3, 0.4) is 0 Å². The summed E-state index contributed by atoms with van der Waals surface area (Å²) in [5.41, 5.74) is 1.18. The highest BCUT2D eigenvalue weighted by atomic mass is 16.2. The molecule has 1 fully saturated rings. The Labute approximate surface area is 94.2 Å². The first-order valence-electron chi connectivity index (χ1n) is 5.30. The predicted molar refractivity (Wildman–Crippen MR) is 59.9 cm³/mol. The number of rotatable bonds is 3. The number of benzene rings is 1. The van der Waals surface area contributed by atoms with E-state index >= 15 is 0 Å². The zero-order chi connectivity index (χ0) is 11.5. The molecule has 3 amide bonds. The number of hydrogen-bond acceptors (Lipinski definition) is 2. The molecule has 1 saturated heterocycles. The van der Waals surface area contributed by atoms with Gasteiger partial charge in [-0.1, -0.05) is 30.3 Å². The smallest absolute Gasteiger partial charge is 0.324 e. The van der Waals surface area contributed by atoms with Crippen LogP contribution in [0, 0.1) is 0 Å². The first kappa shape index (κ1) is 10.7. The molecular formula is C12H14N2O2. The lowest BCUT2D eigenvalue weighted by Gasteiger charge is -2.07. The van der Waals surface area contributed by atoms with Gasteiger partial charge < -0.3 is 5.32 Å². The maximum Gasteiger partial charge on any atom is 0.324 e. The van der Waals surface area contributed by atoms with Crippen LogP contribution in [0.4, 0.5) is 4.79 Å².